The minimum atomic E-state index is 0.669. The third-order valence-electron chi connectivity index (χ3n) is 2.43. The van der Waals surface area contributed by atoms with Gasteiger partial charge in [0.1, 0.15) is 10.5 Å². The van der Waals surface area contributed by atoms with E-state index in [2.05, 4.69) is 35.3 Å². The predicted octanol–water partition coefficient (Wildman–Crippen LogP) is 4.13. The first-order valence-electron chi connectivity index (χ1n) is 5.35. The van der Waals surface area contributed by atoms with Gasteiger partial charge < -0.3 is 4.98 Å². The molecule has 2 heterocycles. The van der Waals surface area contributed by atoms with Crippen molar-refractivity contribution in [2.45, 2.75) is 26.7 Å². The van der Waals surface area contributed by atoms with Crippen molar-refractivity contribution < 1.29 is 0 Å². The van der Waals surface area contributed by atoms with Crippen molar-refractivity contribution >= 4 is 23.6 Å². The molecule has 0 aliphatic heterocycles. The maximum absolute atomic E-state index is 5.19. The zero-order valence-corrected chi connectivity index (χ0v) is 11.0. The van der Waals surface area contributed by atoms with Crippen LogP contribution in [0, 0.1) is 11.6 Å². The molecule has 0 aliphatic carbocycles. The monoisotopic (exact) mass is 250 g/mol. The van der Waals surface area contributed by atoms with Gasteiger partial charge in [0.2, 0.25) is 0 Å². The smallest absolute Gasteiger partial charge is 0.130 e. The molecule has 0 aromatic carbocycles. The number of rotatable bonds is 3. The molecule has 0 amide bonds. The van der Waals surface area contributed by atoms with Gasteiger partial charge in [0.15, 0.2) is 0 Å². The van der Waals surface area contributed by atoms with Crippen LogP contribution < -0.4 is 0 Å². The van der Waals surface area contributed by atoms with E-state index < -0.39 is 0 Å². The topological polar surface area (TPSA) is 28.7 Å². The minimum Gasteiger partial charge on any atom is -0.343 e. The highest BCUT2D eigenvalue weighted by atomic mass is 32.1. The Morgan fingerprint density at radius 1 is 1.50 bits per heavy atom. The molecule has 0 atom stereocenters. The first kappa shape index (κ1) is 11.5. The number of H-pyrrole nitrogens is 1. The number of aryl methyl sites for hydroxylation is 2. The van der Waals surface area contributed by atoms with Gasteiger partial charge >= 0.3 is 0 Å². The summed E-state index contributed by atoms with van der Waals surface area (Å²) in [5.74, 6) is 0.982. The zero-order chi connectivity index (χ0) is 11.5. The van der Waals surface area contributed by atoms with E-state index in [0.29, 0.717) is 4.64 Å². The predicted molar refractivity (Wildman–Crippen MR) is 71.5 cm³/mol. The maximum atomic E-state index is 5.19. The molecule has 2 aromatic heterocycles. The Morgan fingerprint density at radius 2 is 2.31 bits per heavy atom. The summed E-state index contributed by atoms with van der Waals surface area (Å²) in [5, 5.41) is 2.10. The second-order valence-electron chi connectivity index (χ2n) is 3.72. The average Bonchev–Trinajstić information content (AvgIpc) is 2.64. The Balaban J connectivity index is 2.49. The fourth-order valence-corrected chi connectivity index (χ4v) is 2.61. The van der Waals surface area contributed by atoms with Crippen LogP contribution in [-0.2, 0) is 6.42 Å². The first-order chi connectivity index (χ1) is 7.70. The van der Waals surface area contributed by atoms with Gasteiger partial charge in [0, 0.05) is 16.9 Å². The van der Waals surface area contributed by atoms with Crippen LogP contribution in [0.4, 0.5) is 0 Å². The fourth-order valence-electron chi connectivity index (χ4n) is 1.67. The molecule has 84 valence electrons. The van der Waals surface area contributed by atoms with Crippen LogP contribution in [-0.4, -0.2) is 9.97 Å². The van der Waals surface area contributed by atoms with Crippen LogP contribution in [0.15, 0.2) is 17.5 Å². The quantitative estimate of drug-likeness (QED) is 0.830. The van der Waals surface area contributed by atoms with Crippen LogP contribution in [0.1, 0.15) is 24.0 Å². The van der Waals surface area contributed by atoms with Gasteiger partial charge in [0.05, 0.1) is 5.69 Å². The molecular formula is C12H14N2S2. The number of hydrogen-bond acceptors (Lipinski definition) is 3. The summed E-state index contributed by atoms with van der Waals surface area (Å²) >= 11 is 6.94. The Bertz CT molecular complexity index is 540. The summed E-state index contributed by atoms with van der Waals surface area (Å²) in [7, 11) is 0. The van der Waals surface area contributed by atoms with Crippen molar-refractivity contribution in [2.75, 3.05) is 0 Å². The normalized spacial score (nSPS) is 10.6. The Hall–Kier alpha value is -1.00. The number of nitrogens with zero attached hydrogens (tertiary/aromatic N) is 1. The fraction of sp³-hybridized carbons (Fsp3) is 0.333. The van der Waals surface area contributed by atoms with Gasteiger partial charge in [-0.15, -0.1) is 11.3 Å². The lowest BCUT2D eigenvalue weighted by Crippen LogP contribution is -1.96. The van der Waals surface area contributed by atoms with E-state index in [4.69, 9.17) is 12.2 Å². The van der Waals surface area contributed by atoms with Crippen LogP contribution in [0.2, 0.25) is 0 Å². The first-order valence-corrected chi connectivity index (χ1v) is 6.64. The number of thiophene rings is 1. The molecule has 4 heteroatoms. The van der Waals surface area contributed by atoms with E-state index in [1.807, 2.05) is 6.07 Å². The SMILES string of the molecule is CCCc1nc(=S)cc(-c2ccsc2C)[nH]1. The third kappa shape index (κ3) is 2.39. The number of nitrogens with one attached hydrogen (secondary N) is 1. The molecule has 0 aliphatic rings. The summed E-state index contributed by atoms with van der Waals surface area (Å²) in [6.45, 7) is 4.26. The lowest BCUT2D eigenvalue weighted by atomic mass is 10.2. The van der Waals surface area contributed by atoms with Crippen molar-refractivity contribution in [3.05, 3.63) is 32.9 Å². The van der Waals surface area contributed by atoms with Crippen molar-refractivity contribution in [3.8, 4) is 11.3 Å². The van der Waals surface area contributed by atoms with E-state index in [9.17, 15) is 0 Å². The van der Waals surface area contributed by atoms with Gasteiger partial charge in [0.25, 0.3) is 0 Å². The molecule has 16 heavy (non-hydrogen) atoms. The van der Waals surface area contributed by atoms with E-state index >= 15 is 0 Å². The molecule has 2 aromatic rings. The van der Waals surface area contributed by atoms with E-state index in [-0.39, 0.29) is 0 Å². The summed E-state index contributed by atoms with van der Waals surface area (Å²) in [5.41, 5.74) is 2.32. The summed E-state index contributed by atoms with van der Waals surface area (Å²) in [6.07, 6.45) is 2.02. The summed E-state index contributed by atoms with van der Waals surface area (Å²) < 4.78 is 0.669. The van der Waals surface area contributed by atoms with Gasteiger partial charge in [-0.1, -0.05) is 19.1 Å². The Morgan fingerprint density at radius 3 is 2.94 bits per heavy atom. The summed E-state index contributed by atoms with van der Waals surface area (Å²) in [4.78, 5) is 8.99. The van der Waals surface area contributed by atoms with Crippen LogP contribution >= 0.6 is 23.6 Å². The maximum Gasteiger partial charge on any atom is 0.130 e. The van der Waals surface area contributed by atoms with E-state index in [0.717, 1.165) is 24.4 Å². The van der Waals surface area contributed by atoms with Crippen LogP contribution in [0.5, 0.6) is 0 Å². The number of aromatic nitrogens is 2. The van der Waals surface area contributed by atoms with Gasteiger partial charge in [-0.3, -0.25) is 0 Å². The molecular weight excluding hydrogens is 236 g/mol. The molecule has 0 unspecified atom stereocenters. The second kappa shape index (κ2) is 4.89. The standard InChI is InChI=1S/C12H14N2S2/c1-3-4-11-13-10(7-12(15)14-11)9-5-6-16-8(9)2/h5-7H,3-4H2,1-2H3,(H,13,14,15). The lowest BCUT2D eigenvalue weighted by molar-refractivity contribution is 0.833. The van der Waals surface area contributed by atoms with Crippen molar-refractivity contribution in [3.63, 3.8) is 0 Å². The van der Waals surface area contributed by atoms with Gasteiger partial charge in [-0.25, -0.2) is 4.98 Å². The van der Waals surface area contributed by atoms with Gasteiger partial charge in [-0.2, -0.15) is 0 Å². The molecule has 2 nitrogen and oxygen atoms in total. The van der Waals surface area contributed by atoms with Crippen molar-refractivity contribution in [1.29, 1.82) is 0 Å². The molecule has 1 N–H and O–H groups in total. The molecule has 0 saturated heterocycles. The van der Waals surface area contributed by atoms with Crippen molar-refractivity contribution in [1.82, 2.24) is 9.97 Å². The molecule has 0 spiro atoms. The number of aromatic amines is 1. The number of hydrogen-bond donors (Lipinski definition) is 1. The Kier molecular flexibility index (Phi) is 3.51. The highest BCUT2D eigenvalue weighted by molar-refractivity contribution is 7.71. The molecule has 0 saturated carbocycles. The molecule has 0 bridgehead atoms. The average molecular weight is 250 g/mol. The molecule has 0 fully saturated rings. The van der Waals surface area contributed by atoms with E-state index in [1.165, 1.54) is 10.4 Å². The van der Waals surface area contributed by atoms with Crippen LogP contribution in [0.3, 0.4) is 0 Å². The van der Waals surface area contributed by atoms with Crippen molar-refractivity contribution in [2.24, 2.45) is 0 Å². The van der Waals surface area contributed by atoms with Crippen LogP contribution in [0.25, 0.3) is 11.3 Å². The minimum absolute atomic E-state index is 0.669. The zero-order valence-electron chi connectivity index (χ0n) is 9.41. The Labute approximate surface area is 104 Å². The third-order valence-corrected chi connectivity index (χ3v) is 3.48. The largest absolute Gasteiger partial charge is 0.343 e. The highest BCUT2D eigenvalue weighted by Crippen LogP contribution is 2.25. The van der Waals surface area contributed by atoms with E-state index in [1.54, 1.807) is 11.3 Å². The second-order valence-corrected chi connectivity index (χ2v) is 5.26. The lowest BCUT2D eigenvalue weighted by Gasteiger charge is -2.04. The highest BCUT2D eigenvalue weighted by Gasteiger charge is 2.05. The molecule has 0 radical (unpaired) electrons. The van der Waals surface area contributed by atoms with Gasteiger partial charge in [-0.05, 0) is 30.9 Å². The summed E-state index contributed by atoms with van der Waals surface area (Å²) in [6, 6.07) is 4.06. The molecule has 2 rings (SSSR count).